The number of thioether (sulfide) groups is 1. The van der Waals surface area contributed by atoms with Crippen LogP contribution in [0.4, 0.5) is 5.69 Å². The first-order chi connectivity index (χ1) is 16.4. The van der Waals surface area contributed by atoms with Gasteiger partial charge >= 0.3 is 5.97 Å². The maximum Gasteiger partial charge on any atom is 0.338 e. The Hall–Kier alpha value is -3.72. The number of aliphatic imine (C=N–C) groups is 1. The van der Waals surface area contributed by atoms with Gasteiger partial charge in [0.15, 0.2) is 5.17 Å². The number of hydrogen-bond acceptors (Lipinski definition) is 8. The van der Waals surface area contributed by atoms with E-state index in [1.807, 2.05) is 46.7 Å². The van der Waals surface area contributed by atoms with Crippen molar-refractivity contribution >= 4 is 34.5 Å². The third-order valence-corrected chi connectivity index (χ3v) is 6.40. The van der Waals surface area contributed by atoms with E-state index < -0.39 is 12.0 Å². The number of allylic oxidation sites excluding steroid dienone is 1. The summed E-state index contributed by atoms with van der Waals surface area (Å²) < 4.78 is 15.7. The molecule has 2 aliphatic heterocycles. The molecule has 9 heteroatoms. The fraction of sp³-hybridized carbons (Fsp3) is 0.240. The number of anilines is 1. The number of nitrogens with zero attached hydrogens (tertiary/aromatic N) is 2. The Morgan fingerprint density at radius 3 is 2.47 bits per heavy atom. The lowest BCUT2D eigenvalue weighted by Crippen LogP contribution is -2.37. The lowest BCUT2D eigenvalue weighted by atomic mass is 9.93. The normalized spacial score (nSPS) is 16.9. The zero-order valence-electron chi connectivity index (χ0n) is 19.3. The van der Waals surface area contributed by atoms with Gasteiger partial charge in [-0.2, -0.15) is 0 Å². The molecule has 2 aromatic rings. The number of fused-ring (bicyclic) bond motifs is 1. The van der Waals surface area contributed by atoms with E-state index in [0.717, 1.165) is 11.3 Å². The summed E-state index contributed by atoms with van der Waals surface area (Å²) in [6.07, 6.45) is 0.0944. The Bertz CT molecular complexity index is 1220. The number of nitrogens with one attached hydrogen (secondary N) is 1. The maximum atomic E-state index is 12.9. The summed E-state index contributed by atoms with van der Waals surface area (Å²) >= 11 is 1.42. The Morgan fingerprint density at radius 1 is 1.06 bits per heavy atom. The molecule has 1 amide bonds. The summed E-state index contributed by atoms with van der Waals surface area (Å²) in [5, 5.41) is 5.50. The lowest BCUT2D eigenvalue weighted by molar-refractivity contribution is -0.136. The molecule has 0 unspecified atom stereocenters. The summed E-state index contributed by atoms with van der Waals surface area (Å²) in [6.45, 7) is 1.79. The van der Waals surface area contributed by atoms with Gasteiger partial charge in [-0.05, 0) is 42.2 Å². The third-order valence-electron chi connectivity index (χ3n) is 5.51. The molecule has 0 saturated heterocycles. The summed E-state index contributed by atoms with van der Waals surface area (Å²) in [7, 11) is 4.52. The van der Waals surface area contributed by atoms with Crippen molar-refractivity contribution in [2.75, 3.05) is 26.6 Å². The number of rotatable bonds is 7. The molecule has 0 aromatic heterocycles. The van der Waals surface area contributed by atoms with Crippen LogP contribution in [-0.4, -0.2) is 43.3 Å². The fourth-order valence-corrected chi connectivity index (χ4v) is 4.90. The molecule has 1 atom stereocenters. The van der Waals surface area contributed by atoms with Crippen LogP contribution < -0.4 is 14.8 Å². The molecular weight excluding hydrogens is 454 g/mol. The number of ether oxygens (including phenoxy) is 3. The first-order valence-electron chi connectivity index (χ1n) is 10.6. The van der Waals surface area contributed by atoms with Crippen molar-refractivity contribution in [1.82, 2.24) is 4.90 Å². The van der Waals surface area contributed by atoms with Crippen LogP contribution in [0.25, 0.3) is 0 Å². The van der Waals surface area contributed by atoms with Gasteiger partial charge in [-0.1, -0.05) is 30.0 Å². The van der Waals surface area contributed by atoms with Gasteiger partial charge in [-0.25, -0.2) is 9.79 Å². The van der Waals surface area contributed by atoms with E-state index in [0.29, 0.717) is 33.6 Å². The minimum atomic E-state index is -0.513. The summed E-state index contributed by atoms with van der Waals surface area (Å²) in [4.78, 5) is 32.3. The molecule has 0 spiro atoms. The predicted molar refractivity (Wildman–Crippen MR) is 132 cm³/mol. The molecule has 0 saturated carbocycles. The van der Waals surface area contributed by atoms with Gasteiger partial charge in [0.05, 0.1) is 45.1 Å². The van der Waals surface area contributed by atoms with Crippen molar-refractivity contribution < 1.29 is 23.8 Å². The van der Waals surface area contributed by atoms with E-state index in [1.165, 1.54) is 18.9 Å². The molecule has 176 valence electrons. The molecule has 8 nitrogen and oxygen atoms in total. The molecular formula is C25H25N3O5S. The van der Waals surface area contributed by atoms with Gasteiger partial charge in [0.1, 0.15) is 11.5 Å². The van der Waals surface area contributed by atoms with Crippen molar-refractivity contribution in [3.63, 3.8) is 0 Å². The largest absolute Gasteiger partial charge is 0.497 e. The number of hydrogen-bond donors (Lipinski definition) is 1. The molecule has 2 aliphatic rings. The number of amides is 1. The topological polar surface area (TPSA) is 89.5 Å². The van der Waals surface area contributed by atoms with Gasteiger partial charge in [0.2, 0.25) is 5.91 Å². The van der Waals surface area contributed by atoms with Gasteiger partial charge in [0, 0.05) is 17.5 Å². The Kier molecular flexibility index (Phi) is 6.93. The van der Waals surface area contributed by atoms with Crippen LogP contribution in [0.3, 0.4) is 0 Å². The number of methoxy groups -OCH3 is 3. The Labute approximate surface area is 202 Å². The van der Waals surface area contributed by atoms with Crippen molar-refractivity contribution in [2.45, 2.75) is 19.4 Å². The van der Waals surface area contributed by atoms with Crippen molar-refractivity contribution in [3.05, 3.63) is 76.5 Å². The van der Waals surface area contributed by atoms with Crippen LogP contribution in [0.15, 0.2) is 75.9 Å². The minimum absolute atomic E-state index is 0.0944. The highest BCUT2D eigenvalue weighted by atomic mass is 32.2. The summed E-state index contributed by atoms with van der Waals surface area (Å²) in [5.74, 6) is 0.652. The second-order valence-electron chi connectivity index (χ2n) is 7.62. The highest BCUT2D eigenvalue weighted by Crippen LogP contribution is 2.45. The highest BCUT2D eigenvalue weighted by Gasteiger charge is 2.41. The molecule has 0 bridgehead atoms. The monoisotopic (exact) mass is 479 g/mol. The number of carbonyl (C=O) groups excluding carboxylic acids is 2. The zero-order valence-corrected chi connectivity index (χ0v) is 20.1. The number of benzene rings is 2. The number of esters is 1. The van der Waals surface area contributed by atoms with E-state index in [9.17, 15) is 9.59 Å². The van der Waals surface area contributed by atoms with Crippen LogP contribution in [0, 0.1) is 0 Å². The van der Waals surface area contributed by atoms with Gasteiger partial charge < -0.3 is 24.4 Å². The molecule has 34 heavy (non-hydrogen) atoms. The van der Waals surface area contributed by atoms with Crippen LogP contribution in [0.2, 0.25) is 0 Å². The SMILES string of the molecule is COC(=O)C1=C(C)N=C2SC=C(CC(=O)Nc3cccc(OC)c3)N2[C@H]1c1cccc(OC)c1. The van der Waals surface area contributed by atoms with Gasteiger partial charge in [-0.3, -0.25) is 4.79 Å². The summed E-state index contributed by atoms with van der Waals surface area (Å²) in [5.41, 5.74) is 3.19. The highest BCUT2D eigenvalue weighted by molar-refractivity contribution is 8.16. The Balaban J connectivity index is 1.66. The van der Waals surface area contributed by atoms with Crippen LogP contribution >= 0.6 is 11.8 Å². The van der Waals surface area contributed by atoms with Gasteiger partial charge in [0.25, 0.3) is 0 Å². The Morgan fingerprint density at radius 2 is 1.76 bits per heavy atom. The minimum Gasteiger partial charge on any atom is -0.497 e. The molecule has 2 heterocycles. The molecule has 0 aliphatic carbocycles. The van der Waals surface area contributed by atoms with E-state index in [-0.39, 0.29) is 12.3 Å². The zero-order chi connectivity index (χ0) is 24.2. The average molecular weight is 480 g/mol. The van der Waals surface area contributed by atoms with Crippen LogP contribution in [0.5, 0.6) is 11.5 Å². The van der Waals surface area contributed by atoms with Crippen molar-refractivity contribution in [1.29, 1.82) is 0 Å². The average Bonchev–Trinajstić information content (AvgIpc) is 3.24. The van der Waals surface area contributed by atoms with E-state index in [1.54, 1.807) is 33.3 Å². The van der Waals surface area contributed by atoms with Gasteiger partial charge in [-0.15, -0.1) is 0 Å². The van der Waals surface area contributed by atoms with E-state index in [2.05, 4.69) is 10.3 Å². The molecule has 4 rings (SSSR count). The second kappa shape index (κ2) is 10.0. The van der Waals surface area contributed by atoms with E-state index in [4.69, 9.17) is 14.2 Å². The van der Waals surface area contributed by atoms with Crippen LogP contribution in [0.1, 0.15) is 24.9 Å². The maximum absolute atomic E-state index is 12.9. The predicted octanol–water partition coefficient (Wildman–Crippen LogP) is 4.48. The lowest BCUT2D eigenvalue weighted by Gasteiger charge is -2.36. The third kappa shape index (κ3) is 4.65. The number of amidine groups is 1. The smallest absolute Gasteiger partial charge is 0.338 e. The first-order valence-corrected chi connectivity index (χ1v) is 11.4. The second-order valence-corrected chi connectivity index (χ2v) is 8.45. The fourth-order valence-electron chi connectivity index (χ4n) is 3.94. The first kappa shape index (κ1) is 23.4. The quantitative estimate of drug-likeness (QED) is 0.586. The van der Waals surface area contributed by atoms with E-state index >= 15 is 0 Å². The molecule has 2 aromatic carbocycles. The molecule has 1 N–H and O–H groups in total. The molecule has 0 radical (unpaired) electrons. The standard InChI is InChI=1S/C25H25N3O5S/c1-15-22(24(30)33-4)23(16-7-5-9-19(11-16)31-2)28-18(14-34-25(28)26-15)13-21(29)27-17-8-6-10-20(12-17)32-3/h5-12,14,23H,13H2,1-4H3,(H,27,29)/t23-/m0/s1. The van der Waals surface area contributed by atoms with Crippen molar-refractivity contribution in [3.8, 4) is 11.5 Å². The number of carbonyl (C=O) groups is 2. The van der Waals surface area contributed by atoms with Crippen LogP contribution in [-0.2, 0) is 14.3 Å². The molecule has 0 fully saturated rings. The van der Waals surface area contributed by atoms with Crippen molar-refractivity contribution in [2.24, 2.45) is 4.99 Å². The summed E-state index contributed by atoms with van der Waals surface area (Å²) in [6, 6.07) is 14.2.